The van der Waals surface area contributed by atoms with E-state index < -0.39 is 6.04 Å². The first-order valence-electron chi connectivity index (χ1n) is 6.44. The van der Waals surface area contributed by atoms with Crippen LogP contribution in [0.15, 0.2) is 16.6 Å². The average molecular weight is 343 g/mol. The number of anilines is 1. The maximum Gasteiger partial charge on any atom is 0.241 e. The van der Waals surface area contributed by atoms with Gasteiger partial charge < -0.3 is 20.5 Å². The Bertz CT molecular complexity index is 526. The van der Waals surface area contributed by atoms with Crippen molar-refractivity contribution in [1.82, 2.24) is 0 Å². The largest absolute Gasteiger partial charge is 0.486 e. The lowest BCUT2D eigenvalue weighted by Gasteiger charge is -2.26. The molecule has 1 aromatic rings. The predicted octanol–water partition coefficient (Wildman–Crippen LogP) is 2.53. The maximum atomic E-state index is 12.2. The highest BCUT2D eigenvalue weighted by molar-refractivity contribution is 9.10. The van der Waals surface area contributed by atoms with E-state index >= 15 is 0 Å². The van der Waals surface area contributed by atoms with Crippen LogP contribution in [0.2, 0.25) is 0 Å². The molecule has 5 nitrogen and oxygen atoms in total. The second kappa shape index (κ2) is 5.61. The molecule has 1 aliphatic heterocycles. The first-order chi connectivity index (χ1) is 9.29. The van der Waals surface area contributed by atoms with Crippen LogP contribution in [0.3, 0.4) is 0 Å². The van der Waals surface area contributed by atoms with E-state index in [0.717, 1.165) is 4.47 Å². The highest BCUT2D eigenvalue weighted by atomic mass is 79.9. The summed E-state index contributed by atoms with van der Waals surface area (Å²) in [5.41, 5.74) is 6.27. The van der Waals surface area contributed by atoms with Gasteiger partial charge in [-0.2, -0.15) is 0 Å². The summed E-state index contributed by atoms with van der Waals surface area (Å²) < 4.78 is 11.7. The highest BCUT2D eigenvalue weighted by Crippen LogP contribution is 2.38. The summed E-state index contributed by atoms with van der Waals surface area (Å²) in [4.78, 5) is 12.2. The zero-order valence-corrected chi connectivity index (χ0v) is 13.4. The number of hydrogen-bond acceptors (Lipinski definition) is 4. The first-order valence-corrected chi connectivity index (χ1v) is 7.24. The number of hydrogen-bond donors (Lipinski definition) is 2. The van der Waals surface area contributed by atoms with Crippen LogP contribution in [0.1, 0.15) is 20.8 Å². The van der Waals surface area contributed by atoms with Crippen molar-refractivity contribution >= 4 is 27.5 Å². The maximum absolute atomic E-state index is 12.2. The lowest BCUT2D eigenvalue weighted by molar-refractivity contribution is -0.119. The molecule has 1 atom stereocenters. The van der Waals surface area contributed by atoms with Crippen LogP contribution >= 0.6 is 15.9 Å². The molecule has 6 heteroatoms. The summed E-state index contributed by atoms with van der Waals surface area (Å²) in [5, 5.41) is 2.82. The average Bonchev–Trinajstić information content (AvgIpc) is 2.37. The van der Waals surface area contributed by atoms with Gasteiger partial charge in [-0.3, -0.25) is 4.79 Å². The number of nitrogens with one attached hydrogen (secondary N) is 1. The van der Waals surface area contributed by atoms with E-state index in [-0.39, 0.29) is 11.3 Å². The molecular weight excluding hydrogens is 324 g/mol. The molecule has 0 radical (unpaired) electrons. The van der Waals surface area contributed by atoms with E-state index in [0.29, 0.717) is 30.4 Å². The normalized spacial score (nSPS) is 15.7. The molecule has 1 aromatic carbocycles. The van der Waals surface area contributed by atoms with Crippen LogP contribution in [-0.2, 0) is 4.79 Å². The number of carbonyl (C=O) groups excluding carboxylic acids is 1. The van der Waals surface area contributed by atoms with E-state index in [2.05, 4.69) is 21.2 Å². The van der Waals surface area contributed by atoms with Crippen molar-refractivity contribution in [2.75, 3.05) is 18.5 Å². The lowest BCUT2D eigenvalue weighted by atomic mass is 9.87. The van der Waals surface area contributed by atoms with E-state index in [1.165, 1.54) is 0 Å². The second-order valence-electron chi connectivity index (χ2n) is 5.81. The Morgan fingerprint density at radius 3 is 2.40 bits per heavy atom. The first kappa shape index (κ1) is 15.1. The molecule has 1 heterocycles. The molecule has 0 unspecified atom stereocenters. The molecule has 0 aromatic heterocycles. The van der Waals surface area contributed by atoms with Crippen molar-refractivity contribution in [3.05, 3.63) is 16.6 Å². The van der Waals surface area contributed by atoms with Gasteiger partial charge in [-0.15, -0.1) is 0 Å². The molecule has 0 saturated heterocycles. The Morgan fingerprint density at radius 2 is 1.85 bits per heavy atom. The molecule has 110 valence electrons. The van der Waals surface area contributed by atoms with Crippen molar-refractivity contribution in [2.45, 2.75) is 26.8 Å². The fourth-order valence-corrected chi connectivity index (χ4v) is 2.19. The monoisotopic (exact) mass is 342 g/mol. The molecule has 3 N–H and O–H groups in total. The Hall–Kier alpha value is -1.27. The number of ether oxygens (including phenoxy) is 2. The minimum atomic E-state index is -0.595. The smallest absolute Gasteiger partial charge is 0.241 e. The second-order valence-corrected chi connectivity index (χ2v) is 6.66. The van der Waals surface area contributed by atoms with Gasteiger partial charge in [0.2, 0.25) is 5.91 Å². The van der Waals surface area contributed by atoms with Gasteiger partial charge in [0.25, 0.3) is 0 Å². The Labute approximate surface area is 126 Å². The van der Waals surface area contributed by atoms with E-state index in [1.807, 2.05) is 20.8 Å². The highest BCUT2D eigenvalue weighted by Gasteiger charge is 2.28. The van der Waals surface area contributed by atoms with Crippen LogP contribution in [0.5, 0.6) is 11.5 Å². The van der Waals surface area contributed by atoms with Gasteiger partial charge in [-0.25, -0.2) is 0 Å². The summed E-state index contributed by atoms with van der Waals surface area (Å²) in [6.07, 6.45) is 0. The van der Waals surface area contributed by atoms with Crippen molar-refractivity contribution < 1.29 is 14.3 Å². The van der Waals surface area contributed by atoms with E-state index in [4.69, 9.17) is 15.2 Å². The number of rotatable bonds is 2. The Kier molecular flexibility index (Phi) is 4.25. The van der Waals surface area contributed by atoms with Crippen LogP contribution in [0.4, 0.5) is 5.69 Å². The van der Waals surface area contributed by atoms with Crippen LogP contribution in [0, 0.1) is 5.41 Å². The SMILES string of the molecule is CC(C)(C)[C@H](N)C(=O)Nc1cc2c(cc1Br)OCCO2. The van der Waals surface area contributed by atoms with E-state index in [1.54, 1.807) is 12.1 Å². The summed E-state index contributed by atoms with van der Waals surface area (Å²) >= 11 is 3.41. The van der Waals surface area contributed by atoms with Crippen LogP contribution in [-0.4, -0.2) is 25.2 Å². The molecule has 2 rings (SSSR count). The van der Waals surface area contributed by atoms with Crippen LogP contribution < -0.4 is 20.5 Å². The molecule has 0 spiro atoms. The van der Waals surface area contributed by atoms with Gasteiger partial charge in [-0.05, 0) is 21.3 Å². The fraction of sp³-hybridized carbons (Fsp3) is 0.500. The molecule has 0 saturated carbocycles. The third kappa shape index (κ3) is 3.24. The quantitative estimate of drug-likeness (QED) is 0.866. The molecule has 0 fully saturated rings. The van der Waals surface area contributed by atoms with Crippen LogP contribution in [0.25, 0.3) is 0 Å². The van der Waals surface area contributed by atoms with E-state index in [9.17, 15) is 4.79 Å². The lowest BCUT2D eigenvalue weighted by Crippen LogP contribution is -2.45. The zero-order valence-electron chi connectivity index (χ0n) is 11.8. The topological polar surface area (TPSA) is 73.6 Å². The molecule has 1 aliphatic rings. The van der Waals surface area contributed by atoms with Gasteiger partial charge in [0, 0.05) is 16.6 Å². The Balaban J connectivity index is 2.19. The number of benzene rings is 1. The molecule has 20 heavy (non-hydrogen) atoms. The third-order valence-electron chi connectivity index (χ3n) is 3.11. The van der Waals surface area contributed by atoms with Gasteiger partial charge in [0.15, 0.2) is 11.5 Å². The molecular formula is C14H19BrN2O3. The van der Waals surface area contributed by atoms with Crippen molar-refractivity contribution in [3.8, 4) is 11.5 Å². The van der Waals surface area contributed by atoms with Gasteiger partial charge in [-0.1, -0.05) is 20.8 Å². The number of halogens is 1. The molecule has 0 bridgehead atoms. The van der Waals surface area contributed by atoms with Crippen molar-refractivity contribution in [1.29, 1.82) is 0 Å². The summed E-state index contributed by atoms with van der Waals surface area (Å²) in [5.74, 6) is 1.07. The summed E-state index contributed by atoms with van der Waals surface area (Å²) in [7, 11) is 0. The van der Waals surface area contributed by atoms with Crippen molar-refractivity contribution in [3.63, 3.8) is 0 Å². The predicted molar refractivity (Wildman–Crippen MR) is 81.2 cm³/mol. The van der Waals surface area contributed by atoms with Crippen molar-refractivity contribution in [2.24, 2.45) is 11.1 Å². The number of nitrogens with two attached hydrogens (primary N) is 1. The number of carbonyl (C=O) groups is 1. The third-order valence-corrected chi connectivity index (χ3v) is 3.76. The number of fused-ring (bicyclic) bond motifs is 1. The summed E-state index contributed by atoms with van der Waals surface area (Å²) in [6.45, 7) is 6.81. The number of amides is 1. The molecule has 1 amide bonds. The van der Waals surface area contributed by atoms with Gasteiger partial charge in [0.1, 0.15) is 13.2 Å². The zero-order chi connectivity index (χ0) is 14.9. The Morgan fingerprint density at radius 1 is 1.30 bits per heavy atom. The van der Waals surface area contributed by atoms with Gasteiger partial charge >= 0.3 is 0 Å². The minimum absolute atomic E-state index is 0.227. The van der Waals surface area contributed by atoms with Gasteiger partial charge in [0.05, 0.1) is 11.7 Å². The molecule has 0 aliphatic carbocycles. The fourth-order valence-electron chi connectivity index (χ4n) is 1.76. The summed E-state index contributed by atoms with van der Waals surface area (Å²) in [6, 6.07) is 2.93. The standard InChI is InChI=1S/C14H19BrN2O3/c1-14(2,3)12(16)13(18)17-9-7-11-10(6-8(9)15)19-4-5-20-11/h6-7,12H,4-5,16H2,1-3H3,(H,17,18)/t12-/m1/s1. The minimum Gasteiger partial charge on any atom is -0.486 e.